The first-order valence-corrected chi connectivity index (χ1v) is 10.7. The van der Waals surface area contributed by atoms with Crippen molar-refractivity contribution in [1.29, 1.82) is 0 Å². The van der Waals surface area contributed by atoms with E-state index in [0.29, 0.717) is 17.2 Å². The normalized spacial score (nSPS) is 17.0. The smallest absolute Gasteiger partial charge is 0.0898 e. The Labute approximate surface area is 147 Å². The van der Waals surface area contributed by atoms with Crippen LogP contribution in [0.15, 0.2) is 24.4 Å². The van der Waals surface area contributed by atoms with Gasteiger partial charge in [0.05, 0.1) is 26.0 Å². The van der Waals surface area contributed by atoms with Gasteiger partial charge in [-0.05, 0) is 43.2 Å². The van der Waals surface area contributed by atoms with E-state index >= 15 is 0 Å². The fourth-order valence-corrected chi connectivity index (χ4v) is 4.56. The van der Waals surface area contributed by atoms with Crippen molar-refractivity contribution in [3.63, 3.8) is 0 Å². The molecular weight excluding hydrogens is 316 g/mol. The largest absolute Gasteiger partial charge is 0.310 e. The summed E-state index contributed by atoms with van der Waals surface area (Å²) in [6.45, 7) is 4.42. The molecule has 0 aromatic carbocycles. The molecule has 130 valence electrons. The summed E-state index contributed by atoms with van der Waals surface area (Å²) in [6.07, 6.45) is 17.2. The van der Waals surface area contributed by atoms with Gasteiger partial charge < -0.3 is 4.72 Å². The number of nitrogens with zero attached hydrogens (tertiary/aromatic N) is 1. The van der Waals surface area contributed by atoms with Gasteiger partial charge in [-0.1, -0.05) is 44.8 Å². The van der Waals surface area contributed by atoms with Gasteiger partial charge in [0.15, 0.2) is 0 Å². The van der Waals surface area contributed by atoms with E-state index in [9.17, 15) is 4.21 Å². The molecule has 1 N–H and O–H groups in total. The van der Waals surface area contributed by atoms with Crippen LogP contribution in [0.5, 0.6) is 0 Å². The Morgan fingerprint density at radius 1 is 1.50 bits per heavy atom. The first-order valence-electron chi connectivity index (χ1n) is 8.71. The molecule has 1 aliphatic rings. The molecule has 0 amide bonds. The second kappa shape index (κ2) is 8.39. The summed E-state index contributed by atoms with van der Waals surface area (Å²) >= 11 is 0. The Kier molecular flexibility index (Phi) is 6.51. The number of pyridine rings is 1. The molecule has 0 saturated heterocycles. The highest BCUT2D eigenvalue weighted by atomic mass is 32.2. The van der Waals surface area contributed by atoms with Crippen LogP contribution in [0, 0.1) is 18.3 Å². The predicted octanol–water partition coefficient (Wildman–Crippen LogP) is 3.81. The second-order valence-electron chi connectivity index (χ2n) is 6.61. The molecule has 24 heavy (non-hydrogen) atoms. The van der Waals surface area contributed by atoms with Gasteiger partial charge in [0.2, 0.25) is 0 Å². The lowest BCUT2D eigenvalue weighted by atomic mass is 9.99. The van der Waals surface area contributed by atoms with Crippen LogP contribution in [-0.2, 0) is 16.1 Å². The summed E-state index contributed by atoms with van der Waals surface area (Å²) in [7, 11) is -2.45. The van der Waals surface area contributed by atoms with E-state index in [0.717, 1.165) is 30.7 Å². The first-order chi connectivity index (χ1) is 11.5. The third kappa shape index (κ3) is 4.64. The summed E-state index contributed by atoms with van der Waals surface area (Å²) < 4.78 is 16.4. The maximum absolute atomic E-state index is 13.2. The van der Waals surface area contributed by atoms with Gasteiger partial charge in [0.25, 0.3) is 0 Å². The van der Waals surface area contributed by atoms with Gasteiger partial charge in [0, 0.05) is 12.5 Å². The van der Waals surface area contributed by atoms with E-state index in [2.05, 4.69) is 41.6 Å². The second-order valence-corrected chi connectivity index (χ2v) is 9.00. The van der Waals surface area contributed by atoms with E-state index in [-0.39, 0.29) is 0 Å². The van der Waals surface area contributed by atoms with Gasteiger partial charge in [0.1, 0.15) is 0 Å². The molecule has 1 aromatic heterocycles. The minimum absolute atomic E-state index is 0.602. The van der Waals surface area contributed by atoms with Crippen molar-refractivity contribution in [2.45, 2.75) is 52.4 Å². The van der Waals surface area contributed by atoms with Gasteiger partial charge in [-0.3, -0.25) is 4.98 Å². The van der Waals surface area contributed by atoms with Crippen LogP contribution in [-0.4, -0.2) is 20.3 Å². The zero-order valence-corrected chi connectivity index (χ0v) is 15.8. The molecule has 1 aromatic rings. The minimum Gasteiger partial charge on any atom is -0.310 e. The Hall–Kier alpha value is -1.73. The first kappa shape index (κ1) is 18.6. The van der Waals surface area contributed by atoms with E-state index in [1.165, 1.54) is 18.4 Å². The third-order valence-electron chi connectivity index (χ3n) is 4.49. The number of hydrogen-bond donors (Lipinski definition) is 1. The fourth-order valence-electron chi connectivity index (χ4n) is 3.11. The maximum atomic E-state index is 13.2. The third-order valence-corrected chi connectivity index (χ3v) is 6.36. The minimum atomic E-state index is -2.45. The molecule has 0 spiro atoms. The molecule has 2 rings (SSSR count). The molecule has 0 radical (unpaired) electrons. The molecule has 0 fully saturated rings. The lowest BCUT2D eigenvalue weighted by molar-refractivity contribution is 0.497. The lowest BCUT2D eigenvalue weighted by Gasteiger charge is -2.21. The summed E-state index contributed by atoms with van der Waals surface area (Å²) in [6, 6.07) is 4.02. The van der Waals surface area contributed by atoms with Crippen LogP contribution >= 0.6 is 0 Å². The van der Waals surface area contributed by atoms with Crippen LogP contribution in [0.25, 0.3) is 5.70 Å². The number of aromatic nitrogens is 1. The standard InChI is InChI=1S/C20H28N2OS/c1-5-9-16(3)13-14-18(6-2)24(4,23)22-19-12-7-10-17-11-8-15-21-20(17)19/h2,8,11-12,15-16H,5,7,9-10,13-14H2,1,3-4H3,(H,22,23). The van der Waals surface area contributed by atoms with Crippen molar-refractivity contribution in [2.75, 3.05) is 6.26 Å². The summed E-state index contributed by atoms with van der Waals surface area (Å²) in [5.41, 5.74) is 2.93. The molecule has 0 saturated carbocycles. The van der Waals surface area contributed by atoms with E-state index in [1.54, 1.807) is 12.5 Å². The van der Waals surface area contributed by atoms with Crippen molar-refractivity contribution in [2.24, 2.45) is 5.92 Å². The van der Waals surface area contributed by atoms with Gasteiger partial charge >= 0.3 is 0 Å². The molecule has 2 atom stereocenters. The average molecular weight is 345 g/mol. The Balaban J connectivity index is 2.21. The number of hydrogen-bond acceptors (Lipinski definition) is 2. The molecule has 2 unspecified atom stereocenters. The molecule has 1 heterocycles. The number of allylic oxidation sites excluding steroid dienone is 1. The molecule has 1 aliphatic carbocycles. The van der Waals surface area contributed by atoms with E-state index < -0.39 is 9.71 Å². The zero-order valence-electron chi connectivity index (χ0n) is 15.0. The Morgan fingerprint density at radius 3 is 3.00 bits per heavy atom. The highest BCUT2D eigenvalue weighted by Gasteiger charge is 2.17. The highest BCUT2D eigenvalue weighted by Crippen LogP contribution is 2.23. The summed E-state index contributed by atoms with van der Waals surface area (Å²) in [5, 5.41) is 0. The summed E-state index contributed by atoms with van der Waals surface area (Å²) in [4.78, 5) is 5.13. The van der Waals surface area contributed by atoms with Crippen LogP contribution in [0.4, 0.5) is 0 Å². The Bertz CT molecular complexity index is 764. The molecule has 0 bridgehead atoms. The van der Waals surface area contributed by atoms with Crippen molar-refractivity contribution >= 4 is 20.3 Å². The highest BCUT2D eigenvalue weighted by molar-refractivity contribution is 8.00. The number of aryl methyl sites for hydroxylation is 1. The number of terminal acetylenes is 1. The van der Waals surface area contributed by atoms with E-state index in [4.69, 9.17) is 6.42 Å². The van der Waals surface area contributed by atoms with Crippen molar-refractivity contribution in [3.05, 3.63) is 35.7 Å². The molecule has 0 aliphatic heterocycles. The number of nitrogens with one attached hydrogen (secondary N) is 1. The van der Waals surface area contributed by atoms with Crippen molar-refractivity contribution in [1.82, 2.24) is 9.71 Å². The summed E-state index contributed by atoms with van der Waals surface area (Å²) in [5.74, 6) is 3.29. The average Bonchev–Trinajstić information content (AvgIpc) is 2.55. The monoisotopic (exact) mass is 344 g/mol. The molecule has 4 heteroatoms. The topological polar surface area (TPSA) is 42.0 Å². The van der Waals surface area contributed by atoms with Crippen molar-refractivity contribution in [3.8, 4) is 12.3 Å². The number of fused-ring (bicyclic) bond motifs is 1. The molecule has 3 nitrogen and oxygen atoms in total. The fraction of sp³-hybridized carbons (Fsp3) is 0.500. The van der Waals surface area contributed by atoms with Gasteiger partial charge in [-0.15, -0.1) is 6.42 Å². The SMILES string of the molecule is C#CC(CCC(C)CCC)=S(C)(=O)NC1=CCCc2cccnc21. The predicted molar refractivity (Wildman–Crippen MR) is 105 cm³/mol. The maximum Gasteiger partial charge on any atom is 0.0898 e. The lowest BCUT2D eigenvalue weighted by Crippen LogP contribution is -2.29. The van der Waals surface area contributed by atoms with Crippen LogP contribution in [0.2, 0.25) is 0 Å². The van der Waals surface area contributed by atoms with Gasteiger partial charge in [-0.2, -0.15) is 0 Å². The Morgan fingerprint density at radius 2 is 2.29 bits per heavy atom. The quantitative estimate of drug-likeness (QED) is 0.604. The van der Waals surface area contributed by atoms with Gasteiger partial charge in [-0.25, -0.2) is 4.21 Å². The van der Waals surface area contributed by atoms with Crippen molar-refractivity contribution < 1.29 is 4.21 Å². The number of rotatable bonds is 7. The van der Waals surface area contributed by atoms with E-state index in [1.807, 2.05) is 6.07 Å². The van der Waals surface area contributed by atoms with Crippen LogP contribution < -0.4 is 4.72 Å². The van der Waals surface area contributed by atoms with Crippen LogP contribution in [0.1, 0.15) is 57.2 Å². The van der Waals surface area contributed by atoms with Crippen LogP contribution in [0.3, 0.4) is 0 Å². The zero-order chi connectivity index (χ0) is 17.6. The molecular formula is C20H28N2OS.